The van der Waals surface area contributed by atoms with Crippen LogP contribution in [0.2, 0.25) is 0 Å². The molecule has 0 aliphatic rings. The molecule has 2 amide bonds. The minimum Gasteiger partial charge on any atom is -0.396 e. The summed E-state index contributed by atoms with van der Waals surface area (Å²) in [6, 6.07) is -0.653. The monoisotopic (exact) mass is 158 g/mol. The summed E-state index contributed by atoms with van der Waals surface area (Å²) in [6.07, 6.45) is 2.00. The van der Waals surface area contributed by atoms with E-state index in [1.165, 1.54) is 0 Å². The number of hydrogen-bond acceptors (Lipinski definition) is 2. The summed E-state index contributed by atoms with van der Waals surface area (Å²) in [7, 11) is 0. The van der Waals surface area contributed by atoms with Crippen LogP contribution in [0.25, 0.3) is 0 Å². The summed E-state index contributed by atoms with van der Waals surface area (Å²) in [5, 5.41) is 8.47. The number of aliphatic hydroxyl groups is 1. The number of carbonyl (C=O) groups excluding carboxylic acids is 1. The maximum Gasteiger partial charge on any atom is 0.338 e. The van der Waals surface area contributed by atoms with Crippen LogP contribution in [0.5, 0.6) is 0 Å². The number of carbonyl (C=O) groups is 1. The lowest BCUT2D eigenvalue weighted by Crippen LogP contribution is -2.09. The largest absolute Gasteiger partial charge is 0.396 e. The fraction of sp³-hybridized carbons (Fsp3) is 0.714. The quantitative estimate of drug-likeness (QED) is 0.590. The number of aliphatic hydroxyl groups excluding tert-OH is 1. The molecule has 4 nitrogen and oxygen atoms in total. The van der Waals surface area contributed by atoms with E-state index in [1.807, 2.05) is 6.92 Å². The second kappa shape index (κ2) is 5.85. The van der Waals surface area contributed by atoms with Crippen molar-refractivity contribution >= 4 is 11.7 Å². The average Bonchev–Trinajstić information content (AvgIpc) is 1.97. The van der Waals surface area contributed by atoms with Crippen LogP contribution < -0.4 is 5.73 Å². The molecule has 0 saturated heterocycles. The highest BCUT2D eigenvalue weighted by Crippen LogP contribution is 1.96. The first kappa shape index (κ1) is 10.1. The van der Waals surface area contributed by atoms with Gasteiger partial charge in [0.15, 0.2) is 0 Å². The molecule has 0 radical (unpaired) electrons. The normalized spacial score (nSPS) is 11.6. The first-order chi connectivity index (χ1) is 5.20. The molecule has 0 spiro atoms. The van der Waals surface area contributed by atoms with Crippen molar-refractivity contribution in [3.05, 3.63) is 0 Å². The third-order valence-corrected chi connectivity index (χ3v) is 1.30. The summed E-state index contributed by atoms with van der Waals surface area (Å²) < 4.78 is 0. The molecule has 4 heteroatoms. The van der Waals surface area contributed by atoms with E-state index in [-0.39, 0.29) is 6.61 Å². The van der Waals surface area contributed by atoms with Crippen LogP contribution in [0.1, 0.15) is 26.2 Å². The van der Waals surface area contributed by atoms with E-state index in [0.717, 1.165) is 5.71 Å². The van der Waals surface area contributed by atoms with Gasteiger partial charge in [-0.05, 0) is 19.3 Å². The zero-order chi connectivity index (χ0) is 8.69. The van der Waals surface area contributed by atoms with Crippen molar-refractivity contribution in [2.45, 2.75) is 26.2 Å². The lowest BCUT2D eigenvalue weighted by atomic mass is 10.2. The molecule has 0 rings (SSSR count). The Balaban J connectivity index is 3.84. The van der Waals surface area contributed by atoms with Crippen LogP contribution in [0.4, 0.5) is 4.79 Å². The van der Waals surface area contributed by atoms with Gasteiger partial charge in [0.1, 0.15) is 0 Å². The number of primary amides is 1. The molecule has 0 unspecified atom stereocenters. The van der Waals surface area contributed by atoms with Crippen LogP contribution >= 0.6 is 0 Å². The highest BCUT2D eigenvalue weighted by Gasteiger charge is 1.97. The molecule has 0 atom stereocenters. The van der Waals surface area contributed by atoms with Crippen molar-refractivity contribution < 1.29 is 9.90 Å². The van der Waals surface area contributed by atoms with Gasteiger partial charge in [-0.3, -0.25) is 0 Å². The predicted molar refractivity (Wildman–Crippen MR) is 43.6 cm³/mol. The Kier molecular flexibility index (Phi) is 5.37. The standard InChI is InChI=1S/C7H14N2O2/c1-2-6(4-3-5-10)9-7(8)11/h10H,2-5H2,1H3,(H2,8,11). The van der Waals surface area contributed by atoms with Gasteiger partial charge in [0.2, 0.25) is 0 Å². The molecule has 0 aromatic rings. The molecule has 0 aromatic heterocycles. The Morgan fingerprint density at radius 3 is 2.64 bits per heavy atom. The summed E-state index contributed by atoms with van der Waals surface area (Å²) >= 11 is 0. The topological polar surface area (TPSA) is 75.7 Å². The Labute approximate surface area is 66.1 Å². The van der Waals surface area contributed by atoms with E-state index < -0.39 is 6.03 Å². The zero-order valence-corrected chi connectivity index (χ0v) is 6.71. The third-order valence-electron chi connectivity index (χ3n) is 1.30. The smallest absolute Gasteiger partial charge is 0.338 e. The molecule has 0 fully saturated rings. The first-order valence-corrected chi connectivity index (χ1v) is 3.67. The predicted octanol–water partition coefficient (Wildman–Crippen LogP) is 0.689. The third kappa shape index (κ3) is 5.54. The van der Waals surface area contributed by atoms with Crippen LogP contribution in [-0.2, 0) is 0 Å². The molecule has 0 heterocycles. The number of nitrogens with two attached hydrogens (primary N) is 1. The molecule has 3 N–H and O–H groups in total. The molecule has 0 saturated carbocycles. The first-order valence-electron chi connectivity index (χ1n) is 3.67. The van der Waals surface area contributed by atoms with Gasteiger partial charge in [-0.2, -0.15) is 0 Å². The highest BCUT2D eigenvalue weighted by molar-refractivity contribution is 5.94. The molecular weight excluding hydrogens is 144 g/mol. The van der Waals surface area contributed by atoms with Gasteiger partial charge in [0, 0.05) is 12.3 Å². The van der Waals surface area contributed by atoms with Crippen molar-refractivity contribution in [1.82, 2.24) is 0 Å². The maximum atomic E-state index is 10.3. The Hall–Kier alpha value is -0.900. The SMILES string of the molecule is CCC(CCCO)=NC(N)=O. The number of hydrogen-bond donors (Lipinski definition) is 2. The molecule has 0 bridgehead atoms. The summed E-state index contributed by atoms with van der Waals surface area (Å²) in [5.74, 6) is 0. The molecule has 0 aromatic carbocycles. The molecule has 11 heavy (non-hydrogen) atoms. The number of aliphatic imine (C=N–C) groups is 1. The number of nitrogens with zero attached hydrogens (tertiary/aromatic N) is 1. The van der Waals surface area contributed by atoms with Crippen LogP contribution in [0, 0.1) is 0 Å². The van der Waals surface area contributed by atoms with E-state index in [1.54, 1.807) is 0 Å². The molecule has 0 aliphatic heterocycles. The van der Waals surface area contributed by atoms with Crippen molar-refractivity contribution in [3.8, 4) is 0 Å². The molecular formula is C7H14N2O2. The number of rotatable bonds is 4. The van der Waals surface area contributed by atoms with Crippen LogP contribution in [-0.4, -0.2) is 23.5 Å². The van der Waals surface area contributed by atoms with Crippen LogP contribution in [0.15, 0.2) is 4.99 Å². The van der Waals surface area contributed by atoms with Crippen molar-refractivity contribution in [2.75, 3.05) is 6.61 Å². The average molecular weight is 158 g/mol. The van der Waals surface area contributed by atoms with Gasteiger partial charge in [-0.1, -0.05) is 6.92 Å². The van der Waals surface area contributed by atoms with Gasteiger partial charge in [0.05, 0.1) is 0 Å². The highest BCUT2D eigenvalue weighted by atomic mass is 16.2. The second-order valence-electron chi connectivity index (χ2n) is 2.20. The number of amides is 2. The van der Waals surface area contributed by atoms with Crippen molar-refractivity contribution in [3.63, 3.8) is 0 Å². The fourth-order valence-corrected chi connectivity index (χ4v) is 0.751. The second-order valence-corrected chi connectivity index (χ2v) is 2.20. The summed E-state index contributed by atoms with van der Waals surface area (Å²) in [6.45, 7) is 2.02. The lowest BCUT2D eigenvalue weighted by molar-refractivity contribution is 0.256. The minimum atomic E-state index is -0.653. The van der Waals surface area contributed by atoms with Crippen molar-refractivity contribution in [1.29, 1.82) is 0 Å². The molecule has 0 aliphatic carbocycles. The van der Waals surface area contributed by atoms with Crippen LogP contribution in [0.3, 0.4) is 0 Å². The van der Waals surface area contributed by atoms with E-state index in [4.69, 9.17) is 10.8 Å². The molecule has 64 valence electrons. The summed E-state index contributed by atoms with van der Waals surface area (Å²) in [5.41, 5.74) is 5.61. The van der Waals surface area contributed by atoms with E-state index in [0.29, 0.717) is 19.3 Å². The van der Waals surface area contributed by atoms with Gasteiger partial charge in [0.25, 0.3) is 0 Å². The van der Waals surface area contributed by atoms with Gasteiger partial charge in [-0.25, -0.2) is 9.79 Å². The maximum absolute atomic E-state index is 10.3. The zero-order valence-electron chi connectivity index (χ0n) is 6.71. The van der Waals surface area contributed by atoms with E-state index in [2.05, 4.69) is 4.99 Å². The van der Waals surface area contributed by atoms with Gasteiger partial charge < -0.3 is 10.8 Å². The van der Waals surface area contributed by atoms with Gasteiger partial charge in [-0.15, -0.1) is 0 Å². The van der Waals surface area contributed by atoms with E-state index >= 15 is 0 Å². The van der Waals surface area contributed by atoms with Gasteiger partial charge >= 0.3 is 6.03 Å². The lowest BCUT2D eigenvalue weighted by Gasteiger charge is -1.98. The Morgan fingerprint density at radius 2 is 2.27 bits per heavy atom. The fourth-order valence-electron chi connectivity index (χ4n) is 0.751. The van der Waals surface area contributed by atoms with E-state index in [9.17, 15) is 4.79 Å². The Bertz CT molecular complexity index is 155. The summed E-state index contributed by atoms with van der Waals surface area (Å²) in [4.78, 5) is 13.9. The Morgan fingerprint density at radius 1 is 1.64 bits per heavy atom. The minimum absolute atomic E-state index is 0.123. The number of urea groups is 1. The van der Waals surface area contributed by atoms with Crippen molar-refractivity contribution in [2.24, 2.45) is 10.7 Å².